The smallest absolute Gasteiger partial charge is 0.242 e. The molecule has 2 heterocycles. The fraction of sp³-hybridized carbons (Fsp3) is 0.478. The molecule has 1 unspecified atom stereocenters. The van der Waals surface area contributed by atoms with E-state index in [4.69, 9.17) is 4.74 Å². The summed E-state index contributed by atoms with van der Waals surface area (Å²) in [5, 5.41) is 2.11. The predicted octanol–water partition coefficient (Wildman–Crippen LogP) is 3.89. The number of nitrogens with zero attached hydrogens (tertiary/aromatic N) is 2. The topological polar surface area (TPSA) is 49.9 Å². The van der Waals surface area contributed by atoms with E-state index in [-0.39, 0.29) is 24.4 Å². The Morgan fingerprint density at radius 1 is 1.21 bits per heavy atom. The molecule has 0 N–H and O–H groups in total. The molecule has 0 saturated carbocycles. The Labute approximate surface area is 177 Å². The van der Waals surface area contributed by atoms with Crippen molar-refractivity contribution in [3.8, 4) is 0 Å². The minimum Gasteiger partial charge on any atom is -0.382 e. The summed E-state index contributed by atoms with van der Waals surface area (Å²) in [5.41, 5.74) is 2.33. The third-order valence-electron chi connectivity index (χ3n) is 5.30. The molecule has 0 bridgehead atoms. The van der Waals surface area contributed by atoms with Gasteiger partial charge < -0.3 is 14.5 Å². The zero-order valence-corrected chi connectivity index (χ0v) is 18.1. The monoisotopic (exact) mass is 414 g/mol. The van der Waals surface area contributed by atoms with Gasteiger partial charge in [-0.05, 0) is 42.3 Å². The average Bonchev–Trinajstić information content (AvgIpc) is 3.24. The first-order valence-electron chi connectivity index (χ1n) is 10.4. The van der Waals surface area contributed by atoms with Crippen molar-refractivity contribution >= 4 is 23.2 Å². The van der Waals surface area contributed by atoms with Gasteiger partial charge in [0.15, 0.2) is 0 Å². The highest BCUT2D eigenvalue weighted by Crippen LogP contribution is 2.37. The third kappa shape index (κ3) is 5.25. The number of hydrogen-bond acceptors (Lipinski definition) is 4. The molecule has 6 heteroatoms. The van der Waals surface area contributed by atoms with Crippen LogP contribution in [0.4, 0.5) is 0 Å². The number of rotatable bonds is 9. The summed E-state index contributed by atoms with van der Waals surface area (Å²) < 4.78 is 5.39. The van der Waals surface area contributed by atoms with Gasteiger partial charge in [-0.25, -0.2) is 0 Å². The quantitative estimate of drug-likeness (QED) is 0.585. The van der Waals surface area contributed by atoms with Crippen molar-refractivity contribution in [3.05, 3.63) is 57.8 Å². The van der Waals surface area contributed by atoms with Gasteiger partial charge in [0, 0.05) is 37.6 Å². The van der Waals surface area contributed by atoms with Crippen LogP contribution in [0.25, 0.3) is 0 Å². The van der Waals surface area contributed by atoms with Crippen LogP contribution in [-0.4, -0.2) is 54.5 Å². The van der Waals surface area contributed by atoms with E-state index >= 15 is 0 Å². The summed E-state index contributed by atoms with van der Waals surface area (Å²) >= 11 is 1.76. The van der Waals surface area contributed by atoms with Crippen LogP contribution in [0.3, 0.4) is 0 Å². The molecule has 5 nitrogen and oxygen atoms in total. The first kappa shape index (κ1) is 21.5. The lowest BCUT2D eigenvalue weighted by molar-refractivity contribution is -0.141. The molecule has 0 spiro atoms. The highest BCUT2D eigenvalue weighted by atomic mass is 32.1. The van der Waals surface area contributed by atoms with Gasteiger partial charge >= 0.3 is 0 Å². The second-order valence-electron chi connectivity index (χ2n) is 7.17. The zero-order valence-electron chi connectivity index (χ0n) is 17.3. The maximum atomic E-state index is 13.3. The first-order chi connectivity index (χ1) is 14.2. The second-order valence-corrected chi connectivity index (χ2v) is 8.17. The summed E-state index contributed by atoms with van der Waals surface area (Å²) in [7, 11) is 0. The van der Waals surface area contributed by atoms with Crippen LogP contribution in [0.5, 0.6) is 0 Å². The van der Waals surface area contributed by atoms with Gasteiger partial charge in [-0.15, -0.1) is 11.3 Å². The third-order valence-corrected chi connectivity index (χ3v) is 6.30. The lowest BCUT2D eigenvalue weighted by atomic mass is 9.93. The van der Waals surface area contributed by atoms with Crippen LogP contribution in [0, 0.1) is 0 Å². The van der Waals surface area contributed by atoms with Gasteiger partial charge in [0.25, 0.3) is 0 Å². The van der Waals surface area contributed by atoms with Crippen molar-refractivity contribution in [2.45, 2.75) is 39.2 Å². The summed E-state index contributed by atoms with van der Waals surface area (Å²) in [5.74, 6) is 0.0215. The maximum Gasteiger partial charge on any atom is 0.242 e. The summed E-state index contributed by atoms with van der Waals surface area (Å²) in [4.78, 5) is 30.7. The van der Waals surface area contributed by atoms with Gasteiger partial charge in [-0.2, -0.15) is 0 Å². The molecule has 1 aliphatic rings. The van der Waals surface area contributed by atoms with Crippen LogP contribution in [-0.2, 0) is 20.7 Å². The fourth-order valence-corrected chi connectivity index (χ4v) is 4.76. The number of carbonyl (C=O) groups is 2. The largest absolute Gasteiger partial charge is 0.382 e. The summed E-state index contributed by atoms with van der Waals surface area (Å²) in [6.45, 7) is 6.42. The molecule has 1 aliphatic heterocycles. The van der Waals surface area contributed by atoms with Crippen LogP contribution in [0.1, 0.15) is 48.7 Å². The van der Waals surface area contributed by atoms with Crippen molar-refractivity contribution in [2.75, 3.05) is 32.8 Å². The standard InChI is InChI=1S/C23H30N2O3S/c1-3-21(26)24(13-8-15-28-4-2)17-22(27)25-14-11-20-19(12-16-29-20)23(25)18-9-6-5-7-10-18/h5-7,9-10,12,16,23H,3-4,8,11,13-15,17H2,1-2H3. The Hall–Kier alpha value is -2.18. The van der Waals surface area contributed by atoms with Gasteiger partial charge in [0.05, 0.1) is 12.6 Å². The van der Waals surface area contributed by atoms with E-state index in [2.05, 4.69) is 23.6 Å². The molecule has 3 rings (SSSR count). The summed E-state index contributed by atoms with van der Waals surface area (Å²) in [6, 6.07) is 12.2. The molecular weight excluding hydrogens is 384 g/mol. The maximum absolute atomic E-state index is 13.3. The Kier molecular flexibility index (Phi) is 7.83. The Balaban J connectivity index is 1.77. The number of fused-ring (bicyclic) bond motifs is 1. The zero-order chi connectivity index (χ0) is 20.6. The van der Waals surface area contributed by atoms with E-state index < -0.39 is 0 Å². The molecular formula is C23H30N2O3S. The van der Waals surface area contributed by atoms with E-state index in [1.165, 1.54) is 10.4 Å². The molecule has 1 aromatic carbocycles. The fourth-order valence-electron chi connectivity index (χ4n) is 3.85. The molecule has 0 fully saturated rings. The van der Waals surface area contributed by atoms with E-state index in [1.54, 1.807) is 16.2 Å². The normalized spacial score (nSPS) is 15.8. The molecule has 1 aromatic heterocycles. The second kappa shape index (κ2) is 10.6. The van der Waals surface area contributed by atoms with Gasteiger partial charge in [0.1, 0.15) is 0 Å². The van der Waals surface area contributed by atoms with Crippen LogP contribution < -0.4 is 0 Å². The van der Waals surface area contributed by atoms with E-state index in [0.717, 1.165) is 18.4 Å². The molecule has 2 aromatic rings. The van der Waals surface area contributed by atoms with Crippen LogP contribution >= 0.6 is 11.3 Å². The molecule has 2 amide bonds. The first-order valence-corrected chi connectivity index (χ1v) is 11.3. The molecule has 1 atom stereocenters. The number of thiophene rings is 1. The Morgan fingerprint density at radius 2 is 2.00 bits per heavy atom. The number of hydrogen-bond donors (Lipinski definition) is 0. The molecule has 156 valence electrons. The molecule has 0 saturated heterocycles. The van der Waals surface area contributed by atoms with Crippen molar-refractivity contribution < 1.29 is 14.3 Å². The van der Waals surface area contributed by atoms with Crippen LogP contribution in [0.2, 0.25) is 0 Å². The number of benzene rings is 1. The SMILES string of the molecule is CCOCCCN(CC(=O)N1CCc2sccc2C1c1ccccc1)C(=O)CC. The highest BCUT2D eigenvalue weighted by molar-refractivity contribution is 7.10. The van der Waals surface area contributed by atoms with Gasteiger partial charge in [-0.3, -0.25) is 9.59 Å². The Bertz CT molecular complexity index is 805. The highest BCUT2D eigenvalue weighted by Gasteiger charge is 2.33. The minimum absolute atomic E-state index is 0.00825. The van der Waals surface area contributed by atoms with Gasteiger partial charge in [0.2, 0.25) is 11.8 Å². The Morgan fingerprint density at radius 3 is 2.72 bits per heavy atom. The van der Waals surface area contributed by atoms with E-state index in [9.17, 15) is 9.59 Å². The number of amides is 2. The van der Waals surface area contributed by atoms with Crippen molar-refractivity contribution in [1.29, 1.82) is 0 Å². The minimum atomic E-state index is -0.0827. The molecule has 0 aliphatic carbocycles. The lowest BCUT2D eigenvalue weighted by Gasteiger charge is -2.37. The van der Waals surface area contributed by atoms with Crippen molar-refractivity contribution in [2.24, 2.45) is 0 Å². The van der Waals surface area contributed by atoms with E-state index in [0.29, 0.717) is 32.7 Å². The van der Waals surface area contributed by atoms with Crippen LogP contribution in [0.15, 0.2) is 41.8 Å². The summed E-state index contributed by atoms with van der Waals surface area (Å²) in [6.07, 6.45) is 2.01. The number of carbonyl (C=O) groups excluding carboxylic acids is 2. The van der Waals surface area contributed by atoms with Crippen molar-refractivity contribution in [3.63, 3.8) is 0 Å². The predicted molar refractivity (Wildman–Crippen MR) is 116 cm³/mol. The lowest BCUT2D eigenvalue weighted by Crippen LogP contribution is -2.47. The number of ether oxygens (including phenoxy) is 1. The molecule has 0 radical (unpaired) electrons. The van der Waals surface area contributed by atoms with E-state index in [1.807, 2.05) is 36.9 Å². The van der Waals surface area contributed by atoms with Gasteiger partial charge in [-0.1, -0.05) is 37.3 Å². The molecule has 29 heavy (non-hydrogen) atoms. The van der Waals surface area contributed by atoms with Crippen molar-refractivity contribution in [1.82, 2.24) is 9.80 Å². The average molecular weight is 415 g/mol.